The molecule has 100 valence electrons. The van der Waals surface area contributed by atoms with Crippen LogP contribution in [-0.4, -0.2) is 29.2 Å². The Morgan fingerprint density at radius 2 is 2.39 bits per heavy atom. The van der Waals surface area contributed by atoms with Crippen LogP contribution in [0.15, 0.2) is 12.4 Å². The molecule has 18 heavy (non-hydrogen) atoms. The Labute approximate surface area is 113 Å². The Bertz CT molecular complexity index is 408. The predicted molar refractivity (Wildman–Crippen MR) is 71.7 cm³/mol. The van der Waals surface area contributed by atoms with E-state index in [9.17, 15) is 4.79 Å². The first kappa shape index (κ1) is 13.4. The van der Waals surface area contributed by atoms with E-state index in [4.69, 9.17) is 0 Å². The number of carbonyl (C=O) groups excluding carboxylic acids is 1. The molecule has 2 aliphatic rings. The van der Waals surface area contributed by atoms with E-state index in [1.165, 1.54) is 12.8 Å². The highest BCUT2D eigenvalue weighted by Crippen LogP contribution is 2.44. The molecule has 6 heteroatoms. The molecule has 5 nitrogen and oxygen atoms in total. The highest BCUT2D eigenvalue weighted by atomic mass is 35.5. The molecule has 1 saturated heterocycles. The number of rotatable bonds is 2. The summed E-state index contributed by atoms with van der Waals surface area (Å²) in [6.45, 7) is 1.81. The van der Waals surface area contributed by atoms with E-state index in [1.807, 2.05) is 0 Å². The maximum atomic E-state index is 12.5. The zero-order chi connectivity index (χ0) is 11.7. The molecule has 0 radical (unpaired) electrons. The molecule has 3 N–H and O–H groups in total. The van der Waals surface area contributed by atoms with Gasteiger partial charge in [0.05, 0.1) is 17.3 Å². The zero-order valence-electron chi connectivity index (χ0n) is 10.2. The van der Waals surface area contributed by atoms with Gasteiger partial charge in [0.15, 0.2) is 0 Å². The Kier molecular flexibility index (Phi) is 3.92. The minimum Gasteiger partial charge on any atom is -0.323 e. The van der Waals surface area contributed by atoms with Gasteiger partial charge in [-0.2, -0.15) is 5.10 Å². The Morgan fingerprint density at radius 1 is 1.50 bits per heavy atom. The average molecular weight is 271 g/mol. The summed E-state index contributed by atoms with van der Waals surface area (Å²) in [6, 6.07) is 0. The number of carbonyl (C=O) groups is 1. The SMILES string of the molecule is Cl.O=C(Nc1cn[nH]c1)[C@@]12CCCC[C@H]1CNC2. The molecule has 1 aromatic rings. The summed E-state index contributed by atoms with van der Waals surface area (Å²) in [5.74, 6) is 0.664. The summed E-state index contributed by atoms with van der Waals surface area (Å²) in [6.07, 6.45) is 7.97. The second-order valence-corrected chi connectivity index (χ2v) is 5.17. The van der Waals surface area contributed by atoms with E-state index in [2.05, 4.69) is 20.8 Å². The van der Waals surface area contributed by atoms with E-state index in [0.717, 1.165) is 31.6 Å². The second kappa shape index (κ2) is 5.28. The summed E-state index contributed by atoms with van der Waals surface area (Å²) in [4.78, 5) is 12.5. The first-order valence-electron chi connectivity index (χ1n) is 6.32. The average Bonchev–Trinajstić information content (AvgIpc) is 2.96. The third-order valence-electron chi connectivity index (χ3n) is 4.25. The lowest BCUT2D eigenvalue weighted by molar-refractivity contribution is -0.128. The number of amides is 1. The number of aromatic amines is 1. The Morgan fingerprint density at radius 3 is 3.17 bits per heavy atom. The van der Waals surface area contributed by atoms with Gasteiger partial charge in [-0.1, -0.05) is 12.8 Å². The van der Waals surface area contributed by atoms with Crippen molar-refractivity contribution in [1.29, 1.82) is 0 Å². The van der Waals surface area contributed by atoms with Gasteiger partial charge in [-0.15, -0.1) is 12.4 Å². The smallest absolute Gasteiger partial charge is 0.232 e. The maximum absolute atomic E-state index is 12.5. The van der Waals surface area contributed by atoms with Crippen LogP contribution in [0.4, 0.5) is 5.69 Å². The van der Waals surface area contributed by atoms with Crippen LogP contribution in [0.25, 0.3) is 0 Å². The second-order valence-electron chi connectivity index (χ2n) is 5.17. The molecule has 1 amide bonds. The molecule has 1 aliphatic heterocycles. The standard InChI is InChI=1S/C12H18N4O.ClH/c17-11(16-10-6-14-15-7-10)12-4-2-1-3-9(12)5-13-8-12;/h6-7,9,13H,1-5,8H2,(H,14,15)(H,16,17);1H/t9-,12+;/m0./s1. The van der Waals surface area contributed by atoms with Crippen LogP contribution < -0.4 is 10.6 Å². The van der Waals surface area contributed by atoms with Crippen molar-refractivity contribution in [2.75, 3.05) is 18.4 Å². The normalized spacial score (nSPS) is 30.3. The molecule has 2 fully saturated rings. The molecule has 0 spiro atoms. The quantitative estimate of drug-likeness (QED) is 0.764. The number of nitrogens with zero attached hydrogens (tertiary/aromatic N) is 1. The third kappa shape index (κ3) is 2.12. The van der Waals surface area contributed by atoms with Crippen LogP contribution in [0.2, 0.25) is 0 Å². The molecule has 2 atom stereocenters. The fraction of sp³-hybridized carbons (Fsp3) is 0.667. The van der Waals surface area contributed by atoms with Crippen LogP contribution in [0.1, 0.15) is 25.7 Å². The van der Waals surface area contributed by atoms with Gasteiger partial charge in [-0.25, -0.2) is 0 Å². The first-order chi connectivity index (χ1) is 8.31. The van der Waals surface area contributed by atoms with E-state index < -0.39 is 0 Å². The fourth-order valence-electron chi connectivity index (χ4n) is 3.27. The highest BCUT2D eigenvalue weighted by molar-refractivity contribution is 5.95. The molecule has 2 heterocycles. The van der Waals surface area contributed by atoms with Crippen molar-refractivity contribution in [3.63, 3.8) is 0 Å². The first-order valence-corrected chi connectivity index (χ1v) is 6.32. The maximum Gasteiger partial charge on any atom is 0.232 e. The van der Waals surface area contributed by atoms with Gasteiger partial charge in [-0.05, 0) is 25.3 Å². The summed E-state index contributed by atoms with van der Waals surface area (Å²) in [7, 11) is 0. The fourth-order valence-corrected chi connectivity index (χ4v) is 3.27. The van der Waals surface area contributed by atoms with Crippen molar-refractivity contribution in [2.24, 2.45) is 11.3 Å². The van der Waals surface area contributed by atoms with Crippen molar-refractivity contribution < 1.29 is 4.79 Å². The van der Waals surface area contributed by atoms with Gasteiger partial charge < -0.3 is 10.6 Å². The summed E-state index contributed by atoms with van der Waals surface area (Å²) in [5, 5.41) is 12.9. The molecule has 0 bridgehead atoms. The number of hydrogen-bond acceptors (Lipinski definition) is 3. The molecule has 0 aromatic carbocycles. The Hall–Kier alpha value is -1.07. The minimum absolute atomic E-state index is 0. The van der Waals surface area contributed by atoms with Gasteiger partial charge in [0, 0.05) is 12.7 Å². The van der Waals surface area contributed by atoms with Gasteiger partial charge >= 0.3 is 0 Å². The summed E-state index contributed by atoms with van der Waals surface area (Å²) in [5.41, 5.74) is 0.579. The van der Waals surface area contributed by atoms with Crippen molar-refractivity contribution in [2.45, 2.75) is 25.7 Å². The number of anilines is 1. The number of hydrogen-bond donors (Lipinski definition) is 3. The molecule has 1 saturated carbocycles. The molecule has 1 aromatic heterocycles. The third-order valence-corrected chi connectivity index (χ3v) is 4.25. The van der Waals surface area contributed by atoms with E-state index in [-0.39, 0.29) is 23.7 Å². The summed E-state index contributed by atoms with van der Waals surface area (Å²) >= 11 is 0. The lowest BCUT2D eigenvalue weighted by atomic mass is 9.67. The number of nitrogens with one attached hydrogen (secondary N) is 3. The van der Waals surface area contributed by atoms with E-state index >= 15 is 0 Å². The topological polar surface area (TPSA) is 69.8 Å². The van der Waals surface area contributed by atoms with Crippen molar-refractivity contribution in [3.05, 3.63) is 12.4 Å². The van der Waals surface area contributed by atoms with Crippen molar-refractivity contribution >= 4 is 24.0 Å². The van der Waals surface area contributed by atoms with Crippen LogP contribution in [0.3, 0.4) is 0 Å². The lowest BCUT2D eigenvalue weighted by Crippen LogP contribution is -2.44. The number of H-pyrrole nitrogens is 1. The molecule has 1 aliphatic carbocycles. The molecule has 0 unspecified atom stereocenters. The number of aromatic nitrogens is 2. The van der Waals surface area contributed by atoms with Crippen molar-refractivity contribution in [3.8, 4) is 0 Å². The van der Waals surface area contributed by atoms with E-state index in [1.54, 1.807) is 12.4 Å². The van der Waals surface area contributed by atoms with Crippen LogP contribution in [0, 0.1) is 11.3 Å². The van der Waals surface area contributed by atoms with Gasteiger partial charge in [-0.3, -0.25) is 9.89 Å². The predicted octanol–water partition coefficient (Wildman–Crippen LogP) is 1.55. The van der Waals surface area contributed by atoms with E-state index in [0.29, 0.717) is 5.92 Å². The summed E-state index contributed by atoms with van der Waals surface area (Å²) < 4.78 is 0. The molecular weight excluding hydrogens is 252 g/mol. The van der Waals surface area contributed by atoms with Crippen LogP contribution in [-0.2, 0) is 4.79 Å². The molecular formula is C12H19ClN4O. The Balaban J connectivity index is 0.00000120. The van der Waals surface area contributed by atoms with Crippen LogP contribution >= 0.6 is 12.4 Å². The van der Waals surface area contributed by atoms with Crippen LogP contribution in [0.5, 0.6) is 0 Å². The number of halogens is 1. The minimum atomic E-state index is -0.185. The van der Waals surface area contributed by atoms with Crippen molar-refractivity contribution in [1.82, 2.24) is 15.5 Å². The van der Waals surface area contributed by atoms with Gasteiger partial charge in [0.1, 0.15) is 0 Å². The molecule has 3 rings (SSSR count). The van der Waals surface area contributed by atoms with Gasteiger partial charge in [0.2, 0.25) is 5.91 Å². The largest absolute Gasteiger partial charge is 0.323 e. The lowest BCUT2D eigenvalue weighted by Gasteiger charge is -2.36. The zero-order valence-corrected chi connectivity index (χ0v) is 11.1. The number of fused-ring (bicyclic) bond motifs is 1. The highest BCUT2D eigenvalue weighted by Gasteiger charge is 2.49. The monoisotopic (exact) mass is 270 g/mol. The van der Waals surface area contributed by atoms with Gasteiger partial charge in [0.25, 0.3) is 0 Å².